The van der Waals surface area contributed by atoms with E-state index < -0.39 is 0 Å². The molecule has 0 spiro atoms. The van der Waals surface area contributed by atoms with Crippen molar-refractivity contribution >= 4 is 0 Å². The van der Waals surface area contributed by atoms with E-state index in [1.54, 1.807) is 14.2 Å². The second-order valence-corrected chi connectivity index (χ2v) is 4.03. The van der Waals surface area contributed by atoms with Crippen LogP contribution < -0.4 is 0 Å². The maximum Gasteiger partial charge on any atom is 0.0976 e. The zero-order valence-corrected chi connectivity index (χ0v) is 10.5. The predicted molar refractivity (Wildman–Crippen MR) is 60.7 cm³/mol. The van der Waals surface area contributed by atoms with E-state index in [0.717, 1.165) is 13.1 Å². The molecule has 16 heavy (non-hydrogen) atoms. The fourth-order valence-electron chi connectivity index (χ4n) is 1.81. The van der Waals surface area contributed by atoms with Gasteiger partial charge in [0.15, 0.2) is 0 Å². The van der Waals surface area contributed by atoms with E-state index >= 15 is 0 Å². The highest BCUT2D eigenvalue weighted by molar-refractivity contribution is 4.84. The number of hydrogen-bond donors (Lipinski definition) is 0. The zero-order valence-electron chi connectivity index (χ0n) is 10.5. The van der Waals surface area contributed by atoms with Crippen molar-refractivity contribution in [3.8, 4) is 0 Å². The molecule has 0 aromatic rings. The summed E-state index contributed by atoms with van der Waals surface area (Å²) in [6.45, 7) is 4.34. The van der Waals surface area contributed by atoms with E-state index in [-0.39, 0.29) is 12.2 Å². The fraction of sp³-hybridized carbons (Fsp3) is 1.00. The number of hydrogen-bond acceptors (Lipinski definition) is 5. The monoisotopic (exact) mass is 233 g/mol. The molecule has 5 nitrogen and oxygen atoms in total. The van der Waals surface area contributed by atoms with Gasteiger partial charge >= 0.3 is 0 Å². The van der Waals surface area contributed by atoms with Gasteiger partial charge in [-0.25, -0.2) is 0 Å². The van der Waals surface area contributed by atoms with Crippen LogP contribution in [0.2, 0.25) is 0 Å². The molecule has 0 aromatic heterocycles. The Morgan fingerprint density at radius 3 is 1.69 bits per heavy atom. The molecule has 1 fully saturated rings. The minimum Gasteiger partial charge on any atom is -0.382 e. The average Bonchev–Trinajstić information content (AvgIpc) is 2.60. The smallest absolute Gasteiger partial charge is 0.0976 e. The molecule has 0 bridgehead atoms. The molecule has 5 heteroatoms. The van der Waals surface area contributed by atoms with Gasteiger partial charge in [0.25, 0.3) is 0 Å². The number of rotatable bonds is 8. The third kappa shape index (κ3) is 4.76. The van der Waals surface area contributed by atoms with Crippen molar-refractivity contribution in [3.63, 3.8) is 0 Å². The molecule has 1 aliphatic heterocycles. The van der Waals surface area contributed by atoms with E-state index in [0.29, 0.717) is 26.4 Å². The third-order valence-electron chi connectivity index (χ3n) is 2.64. The molecule has 0 N–H and O–H groups in total. The van der Waals surface area contributed by atoms with Gasteiger partial charge in [-0.15, -0.1) is 0 Å². The normalized spacial score (nSPS) is 26.4. The van der Waals surface area contributed by atoms with Crippen LogP contribution in [-0.2, 0) is 18.9 Å². The average molecular weight is 233 g/mol. The molecule has 2 unspecified atom stereocenters. The highest BCUT2D eigenvalue weighted by Crippen LogP contribution is 2.15. The Morgan fingerprint density at radius 2 is 1.31 bits per heavy atom. The van der Waals surface area contributed by atoms with Gasteiger partial charge in [-0.3, -0.25) is 0 Å². The van der Waals surface area contributed by atoms with Crippen LogP contribution in [0.15, 0.2) is 0 Å². The summed E-state index contributed by atoms with van der Waals surface area (Å²) < 4.78 is 21.4. The van der Waals surface area contributed by atoms with Crippen LogP contribution in [-0.4, -0.2) is 77.9 Å². The number of likely N-dealkylation sites (tertiary alicyclic amines) is 1. The molecule has 2 atom stereocenters. The second kappa shape index (κ2) is 7.97. The minimum absolute atomic E-state index is 0.150. The lowest BCUT2D eigenvalue weighted by Crippen LogP contribution is -2.32. The molecule has 0 saturated carbocycles. The summed E-state index contributed by atoms with van der Waals surface area (Å²) in [5.74, 6) is 0. The summed E-state index contributed by atoms with van der Waals surface area (Å²) in [5.41, 5.74) is 0. The van der Waals surface area contributed by atoms with Crippen LogP contribution in [0, 0.1) is 0 Å². The van der Waals surface area contributed by atoms with Crippen LogP contribution >= 0.6 is 0 Å². The molecule has 0 aromatic carbocycles. The fourth-order valence-corrected chi connectivity index (χ4v) is 1.81. The van der Waals surface area contributed by atoms with Crippen molar-refractivity contribution in [1.29, 1.82) is 0 Å². The maximum atomic E-state index is 5.72. The van der Waals surface area contributed by atoms with Crippen LogP contribution in [0.3, 0.4) is 0 Å². The quantitative estimate of drug-likeness (QED) is 0.552. The Morgan fingerprint density at radius 1 is 0.875 bits per heavy atom. The van der Waals surface area contributed by atoms with Gasteiger partial charge in [-0.1, -0.05) is 0 Å². The van der Waals surface area contributed by atoms with Crippen LogP contribution in [0.5, 0.6) is 0 Å². The predicted octanol–water partition coefficient (Wildman–Crippen LogP) is -0.00500. The molecular formula is C11H23NO4. The lowest BCUT2D eigenvalue weighted by Gasteiger charge is -2.19. The van der Waals surface area contributed by atoms with Gasteiger partial charge in [0.1, 0.15) is 0 Å². The Kier molecular flexibility index (Phi) is 6.91. The van der Waals surface area contributed by atoms with E-state index in [4.69, 9.17) is 18.9 Å². The molecule has 1 aliphatic rings. The first kappa shape index (κ1) is 13.9. The maximum absolute atomic E-state index is 5.72. The summed E-state index contributed by atoms with van der Waals surface area (Å²) >= 11 is 0. The Hall–Kier alpha value is -0.200. The van der Waals surface area contributed by atoms with Gasteiger partial charge in [0, 0.05) is 27.3 Å². The minimum atomic E-state index is 0.150. The Balaban J connectivity index is 2.22. The number of nitrogens with zero attached hydrogens (tertiary/aromatic N) is 1. The topological polar surface area (TPSA) is 40.2 Å². The summed E-state index contributed by atoms with van der Waals surface area (Å²) in [4.78, 5) is 2.22. The number of likely N-dealkylation sites (N-methyl/N-ethyl adjacent to an activating group) is 1. The van der Waals surface area contributed by atoms with Gasteiger partial charge in [-0.05, 0) is 7.05 Å². The number of methoxy groups -OCH3 is 2. The molecule has 1 saturated heterocycles. The standard InChI is InChI=1S/C11H23NO4/c1-12-8-10(15-6-4-13-2)11(9-12)16-7-5-14-3/h10-11H,4-9H2,1-3H3. The summed E-state index contributed by atoms with van der Waals surface area (Å²) in [6.07, 6.45) is 0.300. The van der Waals surface area contributed by atoms with E-state index in [9.17, 15) is 0 Å². The van der Waals surface area contributed by atoms with Crippen LogP contribution in [0.25, 0.3) is 0 Å². The third-order valence-corrected chi connectivity index (χ3v) is 2.64. The summed E-state index contributed by atoms with van der Waals surface area (Å²) in [6, 6.07) is 0. The zero-order chi connectivity index (χ0) is 11.8. The van der Waals surface area contributed by atoms with Gasteiger partial charge in [0.2, 0.25) is 0 Å². The molecule has 0 amide bonds. The van der Waals surface area contributed by atoms with Crippen LogP contribution in [0.4, 0.5) is 0 Å². The largest absolute Gasteiger partial charge is 0.382 e. The summed E-state index contributed by atoms with van der Waals surface area (Å²) in [7, 11) is 5.43. The van der Waals surface area contributed by atoms with Crippen molar-refractivity contribution < 1.29 is 18.9 Å². The molecular weight excluding hydrogens is 210 g/mol. The van der Waals surface area contributed by atoms with Crippen LogP contribution in [0.1, 0.15) is 0 Å². The van der Waals surface area contributed by atoms with Gasteiger partial charge in [0.05, 0.1) is 38.6 Å². The van der Waals surface area contributed by atoms with Crippen molar-refractivity contribution in [2.75, 3.05) is 60.8 Å². The first-order chi connectivity index (χ1) is 7.77. The Labute approximate surface area is 97.6 Å². The molecule has 1 rings (SSSR count). The van der Waals surface area contributed by atoms with Crippen molar-refractivity contribution in [1.82, 2.24) is 4.90 Å². The molecule has 1 heterocycles. The van der Waals surface area contributed by atoms with Crippen molar-refractivity contribution in [3.05, 3.63) is 0 Å². The SMILES string of the molecule is COCCOC1CN(C)CC1OCCOC. The van der Waals surface area contributed by atoms with E-state index in [1.807, 2.05) is 0 Å². The lowest BCUT2D eigenvalue weighted by atomic mass is 10.2. The van der Waals surface area contributed by atoms with Gasteiger partial charge in [-0.2, -0.15) is 0 Å². The lowest BCUT2D eigenvalue weighted by molar-refractivity contribution is -0.0658. The molecule has 0 aliphatic carbocycles. The highest BCUT2D eigenvalue weighted by atomic mass is 16.6. The molecule has 0 radical (unpaired) electrons. The van der Waals surface area contributed by atoms with E-state index in [1.165, 1.54) is 0 Å². The number of ether oxygens (including phenoxy) is 4. The van der Waals surface area contributed by atoms with Crippen molar-refractivity contribution in [2.24, 2.45) is 0 Å². The first-order valence-corrected chi connectivity index (χ1v) is 5.67. The summed E-state index contributed by atoms with van der Waals surface area (Å²) in [5, 5.41) is 0. The van der Waals surface area contributed by atoms with E-state index in [2.05, 4.69) is 11.9 Å². The first-order valence-electron chi connectivity index (χ1n) is 5.67. The Bertz CT molecular complexity index is 161. The van der Waals surface area contributed by atoms with Gasteiger partial charge < -0.3 is 23.8 Å². The molecule has 96 valence electrons. The highest BCUT2D eigenvalue weighted by Gasteiger charge is 2.32. The second-order valence-electron chi connectivity index (χ2n) is 4.03. The van der Waals surface area contributed by atoms with Crippen molar-refractivity contribution in [2.45, 2.75) is 12.2 Å².